The number of hydrogen-bond donors (Lipinski definition) is 2. The van der Waals surface area contributed by atoms with Gasteiger partial charge in [-0.3, -0.25) is 14.5 Å². The predicted molar refractivity (Wildman–Crippen MR) is 113 cm³/mol. The van der Waals surface area contributed by atoms with E-state index < -0.39 is 5.54 Å². The lowest BCUT2D eigenvalue weighted by atomic mass is 9.82. The van der Waals surface area contributed by atoms with Crippen molar-refractivity contribution >= 4 is 46.7 Å². The van der Waals surface area contributed by atoms with Gasteiger partial charge in [-0.2, -0.15) is 0 Å². The van der Waals surface area contributed by atoms with Crippen LogP contribution in [0.2, 0.25) is 10.0 Å². The molecule has 3 rings (SSSR count). The summed E-state index contributed by atoms with van der Waals surface area (Å²) in [5, 5.41) is 6.50. The number of nitrogens with zero attached hydrogens (tertiary/aromatic N) is 2. The Morgan fingerprint density at radius 1 is 1.24 bits per heavy atom. The maximum absolute atomic E-state index is 13.0. The second-order valence-corrected chi connectivity index (χ2v) is 8.52. The first-order valence-corrected chi connectivity index (χ1v) is 10.7. The maximum Gasteiger partial charge on any atom is 0.326 e. The molecule has 9 heteroatoms. The first-order chi connectivity index (χ1) is 13.8. The number of hydrogen-bond acceptors (Lipinski definition) is 4. The van der Waals surface area contributed by atoms with Crippen LogP contribution < -0.4 is 10.6 Å². The molecule has 1 aromatic carbocycles. The monoisotopic (exact) mass is 440 g/mol. The minimum Gasteiger partial charge on any atom is -0.324 e. The topological polar surface area (TPSA) is 81.8 Å². The van der Waals surface area contributed by atoms with Crippen molar-refractivity contribution in [1.82, 2.24) is 15.1 Å². The Bertz CT molecular complexity index is 796. The Hall–Kier alpha value is -1.83. The van der Waals surface area contributed by atoms with Crippen molar-refractivity contribution < 1.29 is 14.4 Å². The van der Waals surface area contributed by atoms with E-state index in [1.807, 2.05) is 6.92 Å². The quantitative estimate of drug-likeness (QED) is 0.630. The van der Waals surface area contributed by atoms with Crippen LogP contribution >= 0.6 is 23.2 Å². The Balaban J connectivity index is 1.65. The molecule has 1 aromatic rings. The van der Waals surface area contributed by atoms with E-state index in [9.17, 15) is 14.4 Å². The third-order valence-corrected chi connectivity index (χ3v) is 5.97. The van der Waals surface area contributed by atoms with Gasteiger partial charge in [-0.1, -0.05) is 49.4 Å². The van der Waals surface area contributed by atoms with Gasteiger partial charge in [0.2, 0.25) is 5.91 Å². The summed E-state index contributed by atoms with van der Waals surface area (Å²) in [5.41, 5.74) is -0.333. The normalized spacial score (nSPS) is 18.4. The predicted octanol–water partition coefficient (Wildman–Crippen LogP) is 3.86. The van der Waals surface area contributed by atoms with Crippen molar-refractivity contribution in [2.24, 2.45) is 0 Å². The standard InChI is InChI=1S/C20H26Cl2N4O3/c1-2-10-25(12-17(27)23-16-11-14(21)6-7-15(16)22)13-26-18(28)20(24-19(26)29)8-4-3-5-9-20/h6-7,11H,2-5,8-10,12-13H2,1H3,(H,23,27)(H,24,29). The zero-order valence-corrected chi connectivity index (χ0v) is 18.0. The van der Waals surface area contributed by atoms with Crippen LogP contribution in [-0.2, 0) is 9.59 Å². The average molecular weight is 441 g/mol. The van der Waals surface area contributed by atoms with Crippen LogP contribution in [0.5, 0.6) is 0 Å². The van der Waals surface area contributed by atoms with Crippen LogP contribution in [0.3, 0.4) is 0 Å². The van der Waals surface area contributed by atoms with Crippen LogP contribution in [0, 0.1) is 0 Å². The molecule has 1 aliphatic heterocycles. The summed E-state index contributed by atoms with van der Waals surface area (Å²) in [4.78, 5) is 41.0. The van der Waals surface area contributed by atoms with E-state index >= 15 is 0 Å². The highest BCUT2D eigenvalue weighted by Gasteiger charge is 2.51. The van der Waals surface area contributed by atoms with Crippen molar-refractivity contribution in [2.75, 3.05) is 25.1 Å². The number of imide groups is 1. The average Bonchev–Trinajstić information content (AvgIpc) is 2.89. The minimum absolute atomic E-state index is 0.0285. The van der Waals surface area contributed by atoms with Crippen molar-refractivity contribution in [1.29, 1.82) is 0 Å². The molecule has 2 fully saturated rings. The molecule has 1 heterocycles. The van der Waals surface area contributed by atoms with E-state index in [2.05, 4.69) is 10.6 Å². The van der Waals surface area contributed by atoms with Crippen LogP contribution in [0.1, 0.15) is 45.4 Å². The molecule has 0 unspecified atom stereocenters. The van der Waals surface area contributed by atoms with Gasteiger partial charge in [0, 0.05) is 11.6 Å². The molecular formula is C20H26Cl2N4O3. The fourth-order valence-electron chi connectivity index (χ4n) is 4.00. The fourth-order valence-corrected chi connectivity index (χ4v) is 4.34. The van der Waals surface area contributed by atoms with Crippen molar-refractivity contribution in [3.05, 3.63) is 28.2 Å². The SMILES string of the molecule is CCCN(CC(=O)Nc1cc(Cl)ccc1Cl)CN1C(=O)NC2(CCCCC2)C1=O. The Morgan fingerprint density at radius 2 is 1.97 bits per heavy atom. The highest BCUT2D eigenvalue weighted by Crippen LogP contribution is 2.33. The number of benzene rings is 1. The molecule has 0 bridgehead atoms. The summed E-state index contributed by atoms with van der Waals surface area (Å²) in [6.45, 7) is 2.66. The van der Waals surface area contributed by atoms with Gasteiger partial charge in [0.15, 0.2) is 0 Å². The van der Waals surface area contributed by atoms with Crippen LogP contribution in [0.4, 0.5) is 10.5 Å². The van der Waals surface area contributed by atoms with E-state index in [0.29, 0.717) is 35.1 Å². The smallest absolute Gasteiger partial charge is 0.324 e. The molecule has 1 spiro atoms. The Morgan fingerprint density at radius 3 is 2.66 bits per heavy atom. The summed E-state index contributed by atoms with van der Waals surface area (Å²) >= 11 is 12.1. The van der Waals surface area contributed by atoms with E-state index in [-0.39, 0.29) is 31.1 Å². The van der Waals surface area contributed by atoms with Crippen molar-refractivity contribution in [3.63, 3.8) is 0 Å². The van der Waals surface area contributed by atoms with E-state index in [0.717, 1.165) is 25.7 Å². The van der Waals surface area contributed by atoms with Gasteiger partial charge in [-0.25, -0.2) is 9.69 Å². The molecule has 1 saturated carbocycles. The fraction of sp³-hybridized carbons (Fsp3) is 0.550. The van der Waals surface area contributed by atoms with Crippen LogP contribution in [0.25, 0.3) is 0 Å². The molecule has 4 amide bonds. The number of rotatable bonds is 7. The molecule has 7 nitrogen and oxygen atoms in total. The number of halogens is 2. The molecule has 0 radical (unpaired) electrons. The van der Waals surface area contributed by atoms with Crippen molar-refractivity contribution in [2.45, 2.75) is 51.0 Å². The van der Waals surface area contributed by atoms with Gasteiger partial charge in [-0.15, -0.1) is 0 Å². The molecule has 158 valence electrons. The third-order valence-electron chi connectivity index (χ3n) is 5.40. The lowest BCUT2D eigenvalue weighted by molar-refractivity contribution is -0.134. The molecule has 0 aromatic heterocycles. The molecule has 1 saturated heterocycles. The van der Waals surface area contributed by atoms with Gasteiger partial charge in [0.1, 0.15) is 5.54 Å². The molecule has 2 N–H and O–H groups in total. The molecule has 1 aliphatic carbocycles. The Kier molecular flexibility index (Phi) is 7.03. The largest absolute Gasteiger partial charge is 0.326 e. The highest BCUT2D eigenvalue weighted by atomic mass is 35.5. The summed E-state index contributed by atoms with van der Waals surface area (Å²) in [7, 11) is 0. The van der Waals surface area contributed by atoms with Crippen LogP contribution in [0.15, 0.2) is 18.2 Å². The Labute approximate surface area is 180 Å². The number of anilines is 1. The minimum atomic E-state index is -0.760. The summed E-state index contributed by atoms with van der Waals surface area (Å²) < 4.78 is 0. The van der Waals surface area contributed by atoms with Gasteiger partial charge in [0.05, 0.1) is 23.9 Å². The van der Waals surface area contributed by atoms with E-state index in [4.69, 9.17) is 23.2 Å². The summed E-state index contributed by atoms with van der Waals surface area (Å²) in [5.74, 6) is -0.469. The lowest BCUT2D eigenvalue weighted by Crippen LogP contribution is -2.49. The zero-order chi connectivity index (χ0) is 21.0. The summed E-state index contributed by atoms with van der Waals surface area (Å²) in [6.07, 6.45) is 5.08. The number of carbonyl (C=O) groups is 3. The van der Waals surface area contributed by atoms with Gasteiger partial charge < -0.3 is 10.6 Å². The lowest BCUT2D eigenvalue weighted by Gasteiger charge is -2.31. The van der Waals surface area contributed by atoms with E-state index in [1.165, 1.54) is 4.90 Å². The maximum atomic E-state index is 13.0. The molecule has 2 aliphatic rings. The number of amides is 4. The first-order valence-electron chi connectivity index (χ1n) is 9.96. The molecule has 29 heavy (non-hydrogen) atoms. The highest BCUT2D eigenvalue weighted by molar-refractivity contribution is 6.35. The third kappa shape index (κ3) is 5.02. The zero-order valence-electron chi connectivity index (χ0n) is 16.5. The number of urea groups is 1. The molecule has 0 atom stereocenters. The van der Waals surface area contributed by atoms with E-state index in [1.54, 1.807) is 23.1 Å². The van der Waals surface area contributed by atoms with Crippen LogP contribution in [-0.4, -0.2) is 52.9 Å². The number of nitrogens with one attached hydrogen (secondary N) is 2. The first kappa shape index (κ1) is 21.9. The summed E-state index contributed by atoms with van der Waals surface area (Å²) in [6, 6.07) is 4.45. The second kappa shape index (κ2) is 9.32. The van der Waals surface area contributed by atoms with Gasteiger partial charge >= 0.3 is 6.03 Å². The molecular weight excluding hydrogens is 415 g/mol. The van der Waals surface area contributed by atoms with Crippen molar-refractivity contribution in [3.8, 4) is 0 Å². The second-order valence-electron chi connectivity index (χ2n) is 7.67. The number of carbonyl (C=O) groups excluding carboxylic acids is 3. The van der Waals surface area contributed by atoms with Gasteiger partial charge in [-0.05, 0) is 37.5 Å². The van der Waals surface area contributed by atoms with Gasteiger partial charge in [0.25, 0.3) is 5.91 Å².